The van der Waals surface area contributed by atoms with Crippen LogP contribution in [0.25, 0.3) is 0 Å². The molecule has 1 aliphatic rings. The molecule has 0 spiro atoms. The minimum Gasteiger partial charge on any atom is -0.383 e. The summed E-state index contributed by atoms with van der Waals surface area (Å²) in [5.41, 5.74) is 1.83. The topological polar surface area (TPSA) is 76.5 Å². The lowest BCUT2D eigenvalue weighted by atomic mass is 10.2. The number of halogens is 1. The number of imidazole rings is 1. The number of carbonyl (C=O) groups is 2. The van der Waals surface area contributed by atoms with Crippen LogP contribution in [0.5, 0.6) is 0 Å². The Kier molecular flexibility index (Phi) is 10.4. The molecule has 1 aliphatic heterocycles. The highest BCUT2D eigenvalue weighted by molar-refractivity contribution is 6.31. The first kappa shape index (κ1) is 24.8. The van der Waals surface area contributed by atoms with Crippen molar-refractivity contribution in [2.45, 2.75) is 33.4 Å². The highest BCUT2D eigenvalue weighted by Crippen LogP contribution is 2.15. The molecule has 0 bridgehead atoms. The number of nitrogens with one attached hydrogen (secondary N) is 1. The van der Waals surface area contributed by atoms with E-state index in [4.69, 9.17) is 16.3 Å². The van der Waals surface area contributed by atoms with Gasteiger partial charge in [-0.15, -0.1) is 0 Å². The van der Waals surface area contributed by atoms with Crippen molar-refractivity contribution in [3.63, 3.8) is 0 Å². The minimum absolute atomic E-state index is 0.000514. The predicted molar refractivity (Wildman–Crippen MR) is 122 cm³/mol. The highest BCUT2D eigenvalue weighted by Gasteiger charge is 2.23. The third-order valence-corrected chi connectivity index (χ3v) is 5.25. The molecule has 0 fully saturated rings. The van der Waals surface area contributed by atoms with Crippen LogP contribution in [-0.4, -0.2) is 59.5 Å². The Morgan fingerprint density at radius 3 is 2.71 bits per heavy atom. The molecule has 0 unspecified atom stereocenters. The van der Waals surface area contributed by atoms with E-state index in [2.05, 4.69) is 17.2 Å². The lowest BCUT2D eigenvalue weighted by molar-refractivity contribution is -0.127. The van der Waals surface area contributed by atoms with Crippen molar-refractivity contribution in [1.82, 2.24) is 19.8 Å². The number of hydrogen-bond donors (Lipinski definition) is 1. The van der Waals surface area contributed by atoms with Gasteiger partial charge in [-0.3, -0.25) is 9.59 Å². The zero-order valence-corrected chi connectivity index (χ0v) is 19.2. The summed E-state index contributed by atoms with van der Waals surface area (Å²) in [5, 5.41) is 4.01. The predicted octanol–water partition coefficient (Wildman–Crippen LogP) is 3.12. The zero-order chi connectivity index (χ0) is 22.6. The van der Waals surface area contributed by atoms with Gasteiger partial charge in [0.1, 0.15) is 11.5 Å². The van der Waals surface area contributed by atoms with E-state index in [1.165, 1.54) is 12.5 Å². The van der Waals surface area contributed by atoms with Crippen LogP contribution in [0.3, 0.4) is 0 Å². The third-order valence-electron chi connectivity index (χ3n) is 4.88. The van der Waals surface area contributed by atoms with Gasteiger partial charge in [0, 0.05) is 51.3 Å². The van der Waals surface area contributed by atoms with Crippen molar-refractivity contribution >= 4 is 23.3 Å². The van der Waals surface area contributed by atoms with E-state index in [1.807, 2.05) is 28.8 Å². The summed E-state index contributed by atoms with van der Waals surface area (Å²) in [6, 6.07) is 7.91. The standard InChI is InChI=1S/C15H22N4O3.C8H9Cl/c1-12(20)13-10-17-14-11-18(7-8-19(13)14)15(21)4-3-5-16-6-9-22-2;1-2-7-5-3-4-6-8(7)9/h3-4,10,16H,5-9,11H2,1-2H3;3-6H,2H2,1H3/b4-3+;. The smallest absolute Gasteiger partial charge is 0.246 e. The maximum Gasteiger partial charge on any atom is 0.246 e. The number of nitrogens with zero attached hydrogens (tertiary/aromatic N) is 3. The van der Waals surface area contributed by atoms with Crippen molar-refractivity contribution in [1.29, 1.82) is 0 Å². The maximum atomic E-state index is 12.1. The van der Waals surface area contributed by atoms with Crippen LogP contribution in [-0.2, 0) is 29.0 Å². The quantitative estimate of drug-likeness (QED) is 0.383. The number of ketones is 1. The summed E-state index contributed by atoms with van der Waals surface area (Å²) >= 11 is 5.82. The van der Waals surface area contributed by atoms with Crippen LogP contribution in [0, 0.1) is 0 Å². The number of aromatic nitrogens is 2. The van der Waals surface area contributed by atoms with E-state index < -0.39 is 0 Å². The summed E-state index contributed by atoms with van der Waals surface area (Å²) in [6.45, 7) is 7.29. The summed E-state index contributed by atoms with van der Waals surface area (Å²) in [6.07, 6.45) is 5.98. The molecular weight excluding hydrogens is 416 g/mol. The highest BCUT2D eigenvalue weighted by atomic mass is 35.5. The normalized spacial score (nSPS) is 13.0. The van der Waals surface area contributed by atoms with Crippen molar-refractivity contribution in [3.8, 4) is 0 Å². The largest absolute Gasteiger partial charge is 0.383 e. The van der Waals surface area contributed by atoms with Crippen molar-refractivity contribution in [2.75, 3.05) is 33.4 Å². The Balaban J connectivity index is 0.000000316. The van der Waals surface area contributed by atoms with Gasteiger partial charge in [0.15, 0.2) is 5.78 Å². The summed E-state index contributed by atoms with van der Waals surface area (Å²) in [7, 11) is 1.65. The van der Waals surface area contributed by atoms with Gasteiger partial charge in [0.05, 0.1) is 19.3 Å². The van der Waals surface area contributed by atoms with Crippen LogP contribution >= 0.6 is 11.6 Å². The Morgan fingerprint density at radius 2 is 2.06 bits per heavy atom. The molecule has 3 rings (SSSR count). The average Bonchev–Trinajstić information content (AvgIpc) is 3.20. The SMILES string of the molecule is CCc1ccccc1Cl.COCCNC/C=C/C(=O)N1CCn2c(C(C)=O)cnc2C1. The molecule has 0 aliphatic carbocycles. The van der Waals surface area contributed by atoms with Crippen LogP contribution in [0.4, 0.5) is 0 Å². The van der Waals surface area contributed by atoms with Gasteiger partial charge in [-0.1, -0.05) is 42.8 Å². The molecule has 0 saturated carbocycles. The molecule has 31 heavy (non-hydrogen) atoms. The maximum absolute atomic E-state index is 12.1. The number of benzene rings is 1. The van der Waals surface area contributed by atoms with Crippen molar-refractivity contribution < 1.29 is 14.3 Å². The molecule has 0 radical (unpaired) electrons. The van der Waals surface area contributed by atoms with Crippen LogP contribution in [0.1, 0.15) is 35.7 Å². The second-order valence-electron chi connectivity index (χ2n) is 7.07. The fourth-order valence-electron chi connectivity index (χ4n) is 3.14. The van der Waals surface area contributed by atoms with Gasteiger partial charge in [0.2, 0.25) is 5.91 Å². The summed E-state index contributed by atoms with van der Waals surface area (Å²) in [4.78, 5) is 29.6. The fraction of sp³-hybridized carbons (Fsp3) is 0.435. The molecule has 2 heterocycles. The minimum atomic E-state index is -0.0350. The molecule has 1 aromatic heterocycles. The summed E-state index contributed by atoms with van der Waals surface area (Å²) in [5.74, 6) is 0.726. The van der Waals surface area contributed by atoms with E-state index in [9.17, 15) is 9.59 Å². The van der Waals surface area contributed by atoms with Gasteiger partial charge in [-0.05, 0) is 18.1 Å². The van der Waals surface area contributed by atoms with Gasteiger partial charge in [0.25, 0.3) is 0 Å². The number of aryl methyl sites for hydroxylation is 1. The van der Waals surface area contributed by atoms with Gasteiger partial charge < -0.3 is 19.5 Å². The zero-order valence-electron chi connectivity index (χ0n) is 18.4. The number of fused-ring (bicyclic) bond motifs is 1. The molecule has 1 amide bonds. The van der Waals surface area contributed by atoms with E-state index in [-0.39, 0.29) is 11.7 Å². The number of amides is 1. The van der Waals surface area contributed by atoms with Crippen LogP contribution in [0.15, 0.2) is 42.6 Å². The molecule has 0 saturated heterocycles. The number of methoxy groups -OCH3 is 1. The fourth-order valence-corrected chi connectivity index (χ4v) is 3.41. The average molecular weight is 447 g/mol. The Bertz CT molecular complexity index is 895. The number of hydrogen-bond acceptors (Lipinski definition) is 5. The number of ether oxygens (including phenoxy) is 1. The molecule has 2 aromatic rings. The lowest BCUT2D eigenvalue weighted by Crippen LogP contribution is -2.38. The van der Waals surface area contributed by atoms with E-state index in [0.717, 1.165) is 23.8 Å². The number of carbonyl (C=O) groups excluding carboxylic acids is 2. The number of rotatable bonds is 8. The molecule has 168 valence electrons. The first-order chi connectivity index (χ1) is 15.0. The van der Waals surface area contributed by atoms with Crippen molar-refractivity contribution in [2.24, 2.45) is 0 Å². The second-order valence-corrected chi connectivity index (χ2v) is 7.48. The monoisotopic (exact) mass is 446 g/mol. The Hall–Kier alpha value is -2.48. The Labute approximate surface area is 189 Å². The van der Waals surface area contributed by atoms with E-state index in [0.29, 0.717) is 38.5 Å². The molecule has 8 heteroatoms. The van der Waals surface area contributed by atoms with Gasteiger partial charge >= 0.3 is 0 Å². The first-order valence-corrected chi connectivity index (χ1v) is 10.8. The molecular formula is C23H31ClN4O3. The first-order valence-electron chi connectivity index (χ1n) is 10.4. The molecule has 1 aromatic carbocycles. The van der Waals surface area contributed by atoms with Crippen molar-refractivity contribution in [3.05, 3.63) is 64.7 Å². The van der Waals surface area contributed by atoms with Crippen LogP contribution in [0.2, 0.25) is 5.02 Å². The van der Waals surface area contributed by atoms with Crippen LogP contribution < -0.4 is 5.32 Å². The molecule has 7 nitrogen and oxygen atoms in total. The van der Waals surface area contributed by atoms with E-state index in [1.54, 1.807) is 30.4 Å². The van der Waals surface area contributed by atoms with E-state index >= 15 is 0 Å². The second kappa shape index (κ2) is 13.0. The third kappa shape index (κ3) is 7.61. The summed E-state index contributed by atoms with van der Waals surface area (Å²) < 4.78 is 6.81. The Morgan fingerprint density at radius 1 is 1.29 bits per heavy atom. The number of Topliss-reactive ketones (excluding diaryl/α,β-unsaturated/α-hetero) is 1. The molecule has 0 atom stereocenters. The lowest BCUT2D eigenvalue weighted by Gasteiger charge is -2.27. The van der Waals surface area contributed by atoms with Gasteiger partial charge in [-0.25, -0.2) is 4.98 Å². The van der Waals surface area contributed by atoms with Gasteiger partial charge in [-0.2, -0.15) is 0 Å². The molecule has 1 N–H and O–H groups in total.